The summed E-state index contributed by atoms with van der Waals surface area (Å²) in [6.45, 7) is 0. The normalized spacial score (nSPS) is 11.9. The number of benzene rings is 1. The van der Waals surface area contributed by atoms with Crippen LogP contribution in [0.2, 0.25) is 0 Å². The van der Waals surface area contributed by atoms with Gasteiger partial charge in [0.1, 0.15) is 11.5 Å². The Bertz CT molecular complexity index is 524. The van der Waals surface area contributed by atoms with Crippen LogP contribution in [0.4, 0.5) is 0 Å². The molecule has 0 aliphatic rings. The lowest BCUT2D eigenvalue weighted by atomic mass is 9.99. The Balaban J connectivity index is 2.26. The minimum atomic E-state index is -0.0265. The second kappa shape index (κ2) is 6.88. The highest BCUT2D eigenvalue weighted by molar-refractivity contribution is 5.40. The van der Waals surface area contributed by atoms with Gasteiger partial charge in [-0.05, 0) is 41.8 Å². The molecule has 0 saturated carbocycles. The average Bonchev–Trinajstić information content (AvgIpc) is 2.53. The van der Waals surface area contributed by atoms with Crippen molar-refractivity contribution in [2.75, 3.05) is 14.2 Å². The van der Waals surface area contributed by atoms with E-state index >= 15 is 0 Å². The molecule has 106 valence electrons. The third-order valence-corrected chi connectivity index (χ3v) is 3.17. The highest BCUT2D eigenvalue weighted by Crippen LogP contribution is 2.27. The predicted molar refractivity (Wildman–Crippen MR) is 77.6 cm³/mol. The Morgan fingerprint density at radius 1 is 1.10 bits per heavy atom. The van der Waals surface area contributed by atoms with Gasteiger partial charge in [0.05, 0.1) is 20.3 Å². The fourth-order valence-corrected chi connectivity index (χ4v) is 2.06. The van der Waals surface area contributed by atoms with Gasteiger partial charge < -0.3 is 9.47 Å². The second-order valence-electron chi connectivity index (χ2n) is 4.42. The van der Waals surface area contributed by atoms with Crippen molar-refractivity contribution in [2.45, 2.75) is 12.5 Å². The van der Waals surface area contributed by atoms with Gasteiger partial charge in [-0.2, -0.15) is 0 Å². The van der Waals surface area contributed by atoms with E-state index in [1.54, 1.807) is 26.6 Å². The van der Waals surface area contributed by atoms with Crippen molar-refractivity contribution in [1.82, 2.24) is 10.4 Å². The monoisotopic (exact) mass is 273 g/mol. The van der Waals surface area contributed by atoms with Gasteiger partial charge in [0.2, 0.25) is 0 Å². The average molecular weight is 273 g/mol. The quantitative estimate of drug-likeness (QED) is 0.621. The number of nitrogens with two attached hydrogens (primary N) is 1. The van der Waals surface area contributed by atoms with Gasteiger partial charge in [0.25, 0.3) is 0 Å². The molecule has 5 nitrogen and oxygen atoms in total. The van der Waals surface area contributed by atoms with E-state index in [9.17, 15) is 0 Å². The minimum absolute atomic E-state index is 0.0265. The molecule has 1 atom stereocenters. The molecular formula is C15H19N3O2. The molecule has 0 radical (unpaired) electrons. The van der Waals surface area contributed by atoms with Crippen LogP contribution in [0.1, 0.15) is 17.2 Å². The Kier molecular flexibility index (Phi) is 4.92. The summed E-state index contributed by atoms with van der Waals surface area (Å²) in [6.07, 6.45) is 4.31. The summed E-state index contributed by atoms with van der Waals surface area (Å²) in [6, 6.07) is 9.66. The molecule has 1 aromatic carbocycles. The van der Waals surface area contributed by atoms with Gasteiger partial charge in [0, 0.05) is 18.5 Å². The molecule has 0 spiro atoms. The van der Waals surface area contributed by atoms with E-state index in [0.29, 0.717) is 0 Å². The standard InChI is InChI=1S/C15H19N3O2/c1-19-13-8-12(9-14(10-13)20-2)15(18-16)7-11-3-5-17-6-4-11/h3-6,8-10,15,18H,7,16H2,1-2H3. The maximum absolute atomic E-state index is 5.69. The van der Waals surface area contributed by atoms with Crippen molar-refractivity contribution >= 4 is 0 Å². The summed E-state index contributed by atoms with van der Waals surface area (Å²) < 4.78 is 10.6. The summed E-state index contributed by atoms with van der Waals surface area (Å²) in [5.41, 5.74) is 5.01. The molecule has 1 aromatic heterocycles. The number of hydrogen-bond acceptors (Lipinski definition) is 5. The molecule has 0 fully saturated rings. The van der Waals surface area contributed by atoms with E-state index in [1.807, 2.05) is 30.3 Å². The highest BCUT2D eigenvalue weighted by Gasteiger charge is 2.13. The Labute approximate surface area is 118 Å². The number of hydrazine groups is 1. The van der Waals surface area contributed by atoms with Crippen LogP contribution in [0.5, 0.6) is 11.5 Å². The molecule has 0 aliphatic carbocycles. The third kappa shape index (κ3) is 3.46. The number of aromatic nitrogens is 1. The summed E-state index contributed by atoms with van der Waals surface area (Å²) in [4.78, 5) is 4.01. The molecular weight excluding hydrogens is 254 g/mol. The van der Waals surface area contributed by atoms with Crippen LogP contribution in [0.15, 0.2) is 42.7 Å². The first-order valence-electron chi connectivity index (χ1n) is 6.35. The Hall–Kier alpha value is -2.11. The number of nitrogens with zero attached hydrogens (tertiary/aromatic N) is 1. The molecule has 20 heavy (non-hydrogen) atoms. The maximum Gasteiger partial charge on any atom is 0.122 e. The Morgan fingerprint density at radius 2 is 1.70 bits per heavy atom. The first-order chi connectivity index (χ1) is 9.76. The van der Waals surface area contributed by atoms with Crippen LogP contribution in [-0.4, -0.2) is 19.2 Å². The SMILES string of the molecule is COc1cc(OC)cc(C(Cc2ccncc2)NN)c1. The van der Waals surface area contributed by atoms with Crippen molar-refractivity contribution in [3.63, 3.8) is 0 Å². The second-order valence-corrected chi connectivity index (χ2v) is 4.42. The predicted octanol–water partition coefficient (Wildman–Crippen LogP) is 1.85. The molecule has 0 bridgehead atoms. The van der Waals surface area contributed by atoms with E-state index in [0.717, 1.165) is 29.0 Å². The lowest BCUT2D eigenvalue weighted by Gasteiger charge is -2.18. The molecule has 0 amide bonds. The molecule has 1 heterocycles. The van der Waals surface area contributed by atoms with Crippen molar-refractivity contribution in [3.8, 4) is 11.5 Å². The lowest BCUT2D eigenvalue weighted by Crippen LogP contribution is -2.29. The topological polar surface area (TPSA) is 69.4 Å². The number of rotatable bonds is 6. The van der Waals surface area contributed by atoms with E-state index in [4.69, 9.17) is 15.3 Å². The van der Waals surface area contributed by atoms with Crippen LogP contribution in [0, 0.1) is 0 Å². The first-order valence-corrected chi connectivity index (χ1v) is 6.35. The van der Waals surface area contributed by atoms with Crippen molar-refractivity contribution in [2.24, 2.45) is 5.84 Å². The fraction of sp³-hybridized carbons (Fsp3) is 0.267. The third-order valence-electron chi connectivity index (χ3n) is 3.17. The number of ether oxygens (including phenoxy) is 2. The molecule has 2 aromatic rings. The van der Waals surface area contributed by atoms with Gasteiger partial charge in [0.15, 0.2) is 0 Å². The summed E-state index contributed by atoms with van der Waals surface area (Å²) >= 11 is 0. The zero-order valence-electron chi connectivity index (χ0n) is 11.7. The van der Waals surface area contributed by atoms with Gasteiger partial charge >= 0.3 is 0 Å². The van der Waals surface area contributed by atoms with E-state index in [-0.39, 0.29) is 6.04 Å². The molecule has 3 N–H and O–H groups in total. The number of methoxy groups -OCH3 is 2. The largest absolute Gasteiger partial charge is 0.497 e. The molecule has 5 heteroatoms. The minimum Gasteiger partial charge on any atom is -0.497 e. The van der Waals surface area contributed by atoms with Gasteiger partial charge in [-0.15, -0.1) is 0 Å². The van der Waals surface area contributed by atoms with Gasteiger partial charge in [-0.3, -0.25) is 16.3 Å². The van der Waals surface area contributed by atoms with Crippen molar-refractivity contribution in [3.05, 3.63) is 53.9 Å². The Morgan fingerprint density at radius 3 is 2.20 bits per heavy atom. The fourth-order valence-electron chi connectivity index (χ4n) is 2.06. The van der Waals surface area contributed by atoms with Crippen LogP contribution < -0.4 is 20.7 Å². The van der Waals surface area contributed by atoms with Crippen LogP contribution in [0.25, 0.3) is 0 Å². The number of hydrogen-bond donors (Lipinski definition) is 2. The van der Waals surface area contributed by atoms with E-state index in [2.05, 4.69) is 10.4 Å². The van der Waals surface area contributed by atoms with Crippen LogP contribution in [-0.2, 0) is 6.42 Å². The lowest BCUT2D eigenvalue weighted by molar-refractivity contribution is 0.391. The summed E-state index contributed by atoms with van der Waals surface area (Å²) in [5, 5.41) is 0. The summed E-state index contributed by atoms with van der Waals surface area (Å²) in [7, 11) is 3.26. The number of pyridine rings is 1. The zero-order chi connectivity index (χ0) is 14.4. The van der Waals surface area contributed by atoms with Crippen molar-refractivity contribution in [1.29, 1.82) is 0 Å². The maximum atomic E-state index is 5.69. The van der Waals surface area contributed by atoms with E-state index < -0.39 is 0 Å². The molecule has 0 saturated heterocycles. The smallest absolute Gasteiger partial charge is 0.122 e. The molecule has 0 aliphatic heterocycles. The number of nitrogens with one attached hydrogen (secondary N) is 1. The van der Waals surface area contributed by atoms with E-state index in [1.165, 1.54) is 0 Å². The highest BCUT2D eigenvalue weighted by atomic mass is 16.5. The van der Waals surface area contributed by atoms with Gasteiger partial charge in [-0.1, -0.05) is 0 Å². The summed E-state index contributed by atoms with van der Waals surface area (Å²) in [5.74, 6) is 7.18. The molecule has 2 rings (SSSR count). The zero-order valence-corrected chi connectivity index (χ0v) is 11.7. The van der Waals surface area contributed by atoms with Crippen LogP contribution >= 0.6 is 0 Å². The molecule has 1 unspecified atom stereocenters. The van der Waals surface area contributed by atoms with Crippen molar-refractivity contribution < 1.29 is 9.47 Å². The van der Waals surface area contributed by atoms with Gasteiger partial charge in [-0.25, -0.2) is 0 Å². The first kappa shape index (κ1) is 14.3. The van der Waals surface area contributed by atoms with Crippen LogP contribution in [0.3, 0.4) is 0 Å².